The summed E-state index contributed by atoms with van der Waals surface area (Å²) in [6.07, 6.45) is 1.78. The monoisotopic (exact) mass is 397 g/mol. The van der Waals surface area contributed by atoms with Gasteiger partial charge in [0, 0.05) is 15.1 Å². The van der Waals surface area contributed by atoms with Gasteiger partial charge in [0.1, 0.15) is 0 Å². The summed E-state index contributed by atoms with van der Waals surface area (Å²) >= 11 is 12.2. The number of rotatable bonds is 2. The van der Waals surface area contributed by atoms with Gasteiger partial charge in [-0.05, 0) is 51.9 Å². The molecule has 2 heterocycles. The van der Waals surface area contributed by atoms with Gasteiger partial charge < -0.3 is 4.98 Å². The molecule has 1 aromatic carbocycles. The number of imidazole rings is 1. The van der Waals surface area contributed by atoms with Gasteiger partial charge in [0.25, 0.3) is 0 Å². The quantitative estimate of drug-likeness (QED) is 0.636. The maximum Gasteiger partial charge on any atom is 0.179 e. The highest BCUT2D eigenvalue weighted by Gasteiger charge is 2.06. The molecule has 0 saturated carbocycles. The molecule has 0 fully saturated rings. The number of hydrogen-bond donors (Lipinski definition) is 1. The van der Waals surface area contributed by atoms with E-state index in [9.17, 15) is 0 Å². The van der Waals surface area contributed by atoms with Crippen LogP contribution in [0.1, 0.15) is 5.56 Å². The number of benzene rings is 1. The normalized spacial score (nSPS) is 11.1. The largest absolute Gasteiger partial charge is 0.329 e. The summed E-state index contributed by atoms with van der Waals surface area (Å²) in [7, 11) is 0. The van der Waals surface area contributed by atoms with E-state index in [1.807, 2.05) is 22.8 Å². The smallest absolute Gasteiger partial charge is 0.179 e. The summed E-state index contributed by atoms with van der Waals surface area (Å²) in [5.74, 6) is 0. The first-order valence-electron chi connectivity index (χ1n) is 5.62. The molecule has 0 atom stereocenters. The SMILES string of the molecule is S=c1[nH]c2cc(Br)cnc2n1Cc1ccc(Br)cc1. The number of pyridine rings is 1. The highest BCUT2D eigenvalue weighted by molar-refractivity contribution is 9.10. The average Bonchev–Trinajstić information content (AvgIpc) is 2.68. The zero-order valence-electron chi connectivity index (χ0n) is 9.73. The Morgan fingerprint density at radius 1 is 1.16 bits per heavy atom. The molecule has 96 valence electrons. The third-order valence-corrected chi connectivity index (χ3v) is 4.11. The Labute approximate surface area is 131 Å². The van der Waals surface area contributed by atoms with Crippen LogP contribution in [0.5, 0.6) is 0 Å². The van der Waals surface area contributed by atoms with E-state index in [0.29, 0.717) is 11.3 Å². The van der Waals surface area contributed by atoms with Gasteiger partial charge in [0.15, 0.2) is 10.4 Å². The number of aromatic nitrogens is 3. The van der Waals surface area contributed by atoms with Crippen molar-refractivity contribution in [3.63, 3.8) is 0 Å². The minimum Gasteiger partial charge on any atom is -0.329 e. The van der Waals surface area contributed by atoms with Crippen molar-refractivity contribution in [2.75, 3.05) is 0 Å². The van der Waals surface area contributed by atoms with Crippen LogP contribution in [0.15, 0.2) is 45.5 Å². The van der Waals surface area contributed by atoms with Crippen LogP contribution in [-0.4, -0.2) is 14.5 Å². The molecule has 6 heteroatoms. The Kier molecular flexibility index (Phi) is 3.56. The number of fused-ring (bicyclic) bond motifs is 1. The molecule has 3 aromatic rings. The van der Waals surface area contributed by atoms with E-state index in [4.69, 9.17) is 12.2 Å². The van der Waals surface area contributed by atoms with Gasteiger partial charge in [-0.25, -0.2) is 4.98 Å². The first kappa shape index (κ1) is 13.0. The fourth-order valence-electron chi connectivity index (χ4n) is 1.94. The van der Waals surface area contributed by atoms with Crippen LogP contribution in [0, 0.1) is 4.77 Å². The van der Waals surface area contributed by atoms with Crippen LogP contribution in [0.4, 0.5) is 0 Å². The topological polar surface area (TPSA) is 33.6 Å². The van der Waals surface area contributed by atoms with Crippen molar-refractivity contribution in [2.24, 2.45) is 0 Å². The number of nitrogens with one attached hydrogen (secondary N) is 1. The van der Waals surface area contributed by atoms with Crippen molar-refractivity contribution < 1.29 is 0 Å². The van der Waals surface area contributed by atoms with Crippen LogP contribution >= 0.6 is 44.1 Å². The predicted octanol–water partition coefficient (Wildman–Crippen LogP) is 4.67. The first-order valence-corrected chi connectivity index (χ1v) is 7.61. The summed E-state index contributed by atoms with van der Waals surface area (Å²) < 4.78 is 4.69. The number of hydrogen-bond acceptors (Lipinski definition) is 2. The predicted molar refractivity (Wildman–Crippen MR) is 85.9 cm³/mol. The fourth-order valence-corrected chi connectivity index (χ4v) is 2.79. The second-order valence-corrected chi connectivity index (χ2v) is 6.39. The van der Waals surface area contributed by atoms with Crippen molar-refractivity contribution >= 4 is 55.2 Å². The van der Waals surface area contributed by atoms with Crippen LogP contribution in [0.3, 0.4) is 0 Å². The van der Waals surface area contributed by atoms with E-state index in [1.54, 1.807) is 6.20 Å². The van der Waals surface area contributed by atoms with Crippen molar-refractivity contribution in [2.45, 2.75) is 6.54 Å². The molecule has 0 aliphatic rings. The number of halogens is 2. The van der Waals surface area contributed by atoms with Gasteiger partial charge >= 0.3 is 0 Å². The fraction of sp³-hybridized carbons (Fsp3) is 0.0769. The standard InChI is InChI=1S/C13H9Br2N3S/c14-9-3-1-8(2-4-9)7-18-12-11(17-13(18)19)5-10(15)6-16-12/h1-6H,7H2,(H,17,19). The van der Waals surface area contributed by atoms with E-state index in [0.717, 1.165) is 20.1 Å². The molecular formula is C13H9Br2N3S. The molecule has 19 heavy (non-hydrogen) atoms. The van der Waals surface area contributed by atoms with E-state index >= 15 is 0 Å². The first-order chi connectivity index (χ1) is 9.13. The van der Waals surface area contributed by atoms with Gasteiger partial charge in [0.2, 0.25) is 0 Å². The lowest BCUT2D eigenvalue weighted by molar-refractivity contribution is 0.800. The van der Waals surface area contributed by atoms with Gasteiger partial charge in [-0.1, -0.05) is 28.1 Å². The molecular weight excluding hydrogens is 390 g/mol. The highest BCUT2D eigenvalue weighted by Crippen LogP contribution is 2.18. The molecule has 3 nitrogen and oxygen atoms in total. The maximum atomic E-state index is 5.36. The van der Waals surface area contributed by atoms with E-state index in [1.165, 1.54) is 5.56 Å². The van der Waals surface area contributed by atoms with E-state index in [2.05, 4.69) is 54.0 Å². The Bertz CT molecular complexity index is 790. The Morgan fingerprint density at radius 2 is 1.89 bits per heavy atom. The highest BCUT2D eigenvalue weighted by atomic mass is 79.9. The van der Waals surface area contributed by atoms with Crippen LogP contribution in [0.25, 0.3) is 11.2 Å². The maximum absolute atomic E-state index is 5.36. The van der Waals surface area contributed by atoms with Crippen molar-refractivity contribution in [3.8, 4) is 0 Å². The number of aromatic amines is 1. The third-order valence-electron chi connectivity index (χ3n) is 2.83. The summed E-state index contributed by atoms with van der Waals surface area (Å²) in [6.45, 7) is 0.709. The molecule has 1 N–H and O–H groups in total. The van der Waals surface area contributed by atoms with Gasteiger partial charge in [-0.2, -0.15) is 0 Å². The summed E-state index contributed by atoms with van der Waals surface area (Å²) in [6, 6.07) is 10.2. The average molecular weight is 399 g/mol. The summed E-state index contributed by atoms with van der Waals surface area (Å²) in [5.41, 5.74) is 3.00. The Balaban J connectivity index is 2.07. The van der Waals surface area contributed by atoms with E-state index < -0.39 is 0 Å². The van der Waals surface area contributed by atoms with Gasteiger partial charge in [0.05, 0.1) is 12.1 Å². The molecule has 2 aromatic heterocycles. The van der Waals surface area contributed by atoms with Crippen LogP contribution in [0.2, 0.25) is 0 Å². The lowest BCUT2D eigenvalue weighted by Gasteiger charge is -2.04. The molecule has 0 aliphatic carbocycles. The summed E-state index contributed by atoms with van der Waals surface area (Å²) in [5, 5.41) is 0. The van der Waals surface area contributed by atoms with Crippen molar-refractivity contribution in [1.82, 2.24) is 14.5 Å². The number of H-pyrrole nitrogens is 1. The Morgan fingerprint density at radius 3 is 2.63 bits per heavy atom. The molecule has 0 saturated heterocycles. The van der Waals surface area contributed by atoms with Gasteiger partial charge in [-0.15, -0.1) is 0 Å². The number of nitrogens with zero attached hydrogens (tertiary/aromatic N) is 2. The molecule has 0 aliphatic heterocycles. The minimum atomic E-state index is 0.684. The lowest BCUT2D eigenvalue weighted by Crippen LogP contribution is -2.00. The molecule has 0 amide bonds. The molecule has 0 bridgehead atoms. The van der Waals surface area contributed by atoms with E-state index in [-0.39, 0.29) is 0 Å². The molecule has 0 radical (unpaired) electrons. The second kappa shape index (κ2) is 5.19. The minimum absolute atomic E-state index is 0.684. The van der Waals surface area contributed by atoms with Crippen molar-refractivity contribution in [1.29, 1.82) is 0 Å². The van der Waals surface area contributed by atoms with Crippen LogP contribution in [-0.2, 0) is 6.54 Å². The molecule has 0 spiro atoms. The second-order valence-electron chi connectivity index (χ2n) is 4.17. The third kappa shape index (κ3) is 2.66. The molecule has 3 rings (SSSR count). The zero-order chi connectivity index (χ0) is 13.4. The van der Waals surface area contributed by atoms with Crippen LogP contribution < -0.4 is 0 Å². The lowest BCUT2D eigenvalue weighted by atomic mass is 10.2. The Hall–Kier alpha value is -0.980. The molecule has 0 unspecified atom stereocenters. The summed E-state index contributed by atoms with van der Waals surface area (Å²) in [4.78, 5) is 7.60. The zero-order valence-corrected chi connectivity index (χ0v) is 13.7. The van der Waals surface area contributed by atoms with Crippen molar-refractivity contribution in [3.05, 3.63) is 55.8 Å². The van der Waals surface area contributed by atoms with Gasteiger partial charge in [-0.3, -0.25) is 4.57 Å².